The van der Waals surface area contributed by atoms with Crippen LogP contribution in [0.5, 0.6) is 0 Å². The van der Waals surface area contributed by atoms with Crippen LogP contribution in [0, 0.1) is 0 Å². The molecule has 25 heavy (non-hydrogen) atoms. The molecule has 0 saturated heterocycles. The predicted molar refractivity (Wildman–Crippen MR) is 95.4 cm³/mol. The van der Waals surface area contributed by atoms with Gasteiger partial charge in [0.2, 0.25) is 0 Å². The third kappa shape index (κ3) is 3.33. The van der Waals surface area contributed by atoms with Crippen molar-refractivity contribution in [2.45, 2.75) is 24.7 Å². The van der Waals surface area contributed by atoms with E-state index in [1.165, 1.54) is 5.56 Å². The Labute approximate surface area is 146 Å². The summed E-state index contributed by atoms with van der Waals surface area (Å²) in [6.07, 6.45) is 4.83. The fraction of sp³-hybridized carbons (Fsp3) is 0.316. The lowest BCUT2D eigenvalue weighted by atomic mass is 9.96. The molecule has 128 valence electrons. The van der Waals surface area contributed by atoms with Crippen molar-refractivity contribution in [3.05, 3.63) is 66.1 Å². The van der Waals surface area contributed by atoms with Gasteiger partial charge in [-0.1, -0.05) is 36.4 Å². The minimum absolute atomic E-state index is 0.127. The molecule has 1 aromatic carbocycles. The smallest absolute Gasteiger partial charge is 0.314 e. The third-order valence-electron chi connectivity index (χ3n) is 4.85. The largest absolute Gasteiger partial charge is 0.338 e. The van der Waals surface area contributed by atoms with E-state index in [4.69, 9.17) is 0 Å². The molecule has 1 aliphatic rings. The zero-order valence-electron chi connectivity index (χ0n) is 14.0. The van der Waals surface area contributed by atoms with Gasteiger partial charge in [-0.15, -0.1) is 10.2 Å². The SMILES string of the molecule is O=C(NCCc1nnc2ccccn12)NCC1(c2ccccc2)CC1. The van der Waals surface area contributed by atoms with Crippen molar-refractivity contribution in [2.24, 2.45) is 0 Å². The van der Waals surface area contributed by atoms with Gasteiger partial charge >= 0.3 is 6.03 Å². The quantitative estimate of drug-likeness (QED) is 0.726. The number of aromatic nitrogens is 3. The Morgan fingerprint density at radius 3 is 2.64 bits per heavy atom. The number of carbonyl (C=O) groups excluding carboxylic acids is 1. The number of nitrogens with one attached hydrogen (secondary N) is 2. The first-order chi connectivity index (χ1) is 12.3. The van der Waals surface area contributed by atoms with E-state index in [2.05, 4.69) is 45.1 Å². The molecule has 0 radical (unpaired) electrons. The first-order valence-electron chi connectivity index (χ1n) is 8.63. The lowest BCUT2D eigenvalue weighted by Crippen LogP contribution is -2.40. The molecular weight excluding hydrogens is 314 g/mol. The normalized spacial score (nSPS) is 15.0. The monoisotopic (exact) mass is 335 g/mol. The fourth-order valence-electron chi connectivity index (χ4n) is 3.17. The summed E-state index contributed by atoms with van der Waals surface area (Å²) in [5, 5.41) is 14.2. The molecule has 0 bridgehead atoms. The second-order valence-electron chi connectivity index (χ2n) is 6.55. The number of rotatable bonds is 6. The fourth-order valence-corrected chi connectivity index (χ4v) is 3.17. The van der Waals surface area contributed by atoms with Gasteiger partial charge in [-0.3, -0.25) is 4.40 Å². The number of hydrogen-bond acceptors (Lipinski definition) is 3. The summed E-state index contributed by atoms with van der Waals surface area (Å²) >= 11 is 0. The van der Waals surface area contributed by atoms with Gasteiger partial charge in [-0.2, -0.15) is 0 Å². The highest BCUT2D eigenvalue weighted by Gasteiger charge is 2.44. The Balaban J connectivity index is 1.26. The molecule has 2 aromatic heterocycles. The number of benzene rings is 1. The highest BCUT2D eigenvalue weighted by atomic mass is 16.2. The highest BCUT2D eigenvalue weighted by molar-refractivity contribution is 5.74. The van der Waals surface area contributed by atoms with Crippen LogP contribution in [0.2, 0.25) is 0 Å². The second kappa shape index (κ2) is 6.55. The van der Waals surface area contributed by atoms with Crippen molar-refractivity contribution < 1.29 is 4.79 Å². The van der Waals surface area contributed by atoms with Crippen LogP contribution >= 0.6 is 0 Å². The molecule has 1 fully saturated rings. The molecule has 6 heteroatoms. The Kier molecular flexibility index (Phi) is 4.09. The zero-order chi connectivity index (χ0) is 17.1. The molecule has 6 nitrogen and oxygen atoms in total. The minimum atomic E-state index is -0.129. The Morgan fingerprint density at radius 2 is 1.84 bits per heavy atom. The lowest BCUT2D eigenvalue weighted by Gasteiger charge is -2.16. The lowest BCUT2D eigenvalue weighted by molar-refractivity contribution is 0.240. The summed E-state index contributed by atoms with van der Waals surface area (Å²) in [4.78, 5) is 12.1. The first kappa shape index (κ1) is 15.6. The topological polar surface area (TPSA) is 71.3 Å². The maximum Gasteiger partial charge on any atom is 0.314 e. The van der Waals surface area contributed by atoms with Gasteiger partial charge in [0.25, 0.3) is 0 Å². The standard InChI is InChI=1S/C19H21N5O/c25-18(21-14-19(10-11-19)15-6-2-1-3-7-15)20-12-9-17-23-22-16-8-4-5-13-24(16)17/h1-8,13H,9-12,14H2,(H2,20,21,25). The van der Waals surface area contributed by atoms with Crippen LogP contribution in [0.1, 0.15) is 24.2 Å². The van der Waals surface area contributed by atoms with Gasteiger partial charge in [0, 0.05) is 31.1 Å². The van der Waals surface area contributed by atoms with E-state index in [1.807, 2.05) is 34.9 Å². The summed E-state index contributed by atoms with van der Waals surface area (Å²) in [7, 11) is 0. The number of nitrogens with zero attached hydrogens (tertiary/aromatic N) is 3. The van der Waals surface area contributed by atoms with Crippen LogP contribution in [-0.2, 0) is 11.8 Å². The summed E-state index contributed by atoms with van der Waals surface area (Å²) in [6.45, 7) is 1.20. The zero-order valence-corrected chi connectivity index (χ0v) is 14.0. The maximum absolute atomic E-state index is 12.1. The van der Waals surface area contributed by atoms with Gasteiger partial charge in [0.1, 0.15) is 5.82 Å². The first-order valence-corrected chi connectivity index (χ1v) is 8.63. The van der Waals surface area contributed by atoms with E-state index in [-0.39, 0.29) is 11.4 Å². The molecule has 3 aromatic rings. The van der Waals surface area contributed by atoms with Crippen molar-refractivity contribution in [1.29, 1.82) is 0 Å². The average Bonchev–Trinajstić information content (AvgIpc) is 3.35. The number of hydrogen-bond donors (Lipinski definition) is 2. The minimum Gasteiger partial charge on any atom is -0.338 e. The van der Waals surface area contributed by atoms with Gasteiger partial charge in [-0.25, -0.2) is 4.79 Å². The van der Waals surface area contributed by atoms with Crippen LogP contribution in [0.3, 0.4) is 0 Å². The van der Waals surface area contributed by atoms with E-state index < -0.39 is 0 Å². The number of amides is 2. The molecule has 0 spiro atoms. The van der Waals surface area contributed by atoms with Crippen LogP contribution in [0.25, 0.3) is 5.65 Å². The number of carbonyl (C=O) groups is 1. The van der Waals surface area contributed by atoms with Gasteiger partial charge in [0.05, 0.1) is 0 Å². The molecule has 2 heterocycles. The van der Waals surface area contributed by atoms with Crippen molar-refractivity contribution in [1.82, 2.24) is 25.2 Å². The molecule has 2 N–H and O–H groups in total. The molecule has 0 unspecified atom stereocenters. The van der Waals surface area contributed by atoms with E-state index in [1.54, 1.807) is 0 Å². The van der Waals surface area contributed by atoms with Crippen molar-refractivity contribution in [3.63, 3.8) is 0 Å². The second-order valence-corrected chi connectivity index (χ2v) is 6.55. The predicted octanol–water partition coefficient (Wildman–Crippen LogP) is 2.30. The molecule has 1 saturated carbocycles. The number of fused-ring (bicyclic) bond motifs is 1. The van der Waals surface area contributed by atoms with Crippen LogP contribution in [-0.4, -0.2) is 33.7 Å². The number of pyridine rings is 1. The molecule has 4 rings (SSSR count). The van der Waals surface area contributed by atoms with Crippen molar-refractivity contribution >= 4 is 11.7 Å². The summed E-state index contributed by atoms with van der Waals surface area (Å²) < 4.78 is 1.94. The summed E-state index contributed by atoms with van der Waals surface area (Å²) in [5.74, 6) is 0.846. The Morgan fingerprint density at radius 1 is 1.04 bits per heavy atom. The van der Waals surface area contributed by atoms with E-state index >= 15 is 0 Å². The maximum atomic E-state index is 12.1. The van der Waals surface area contributed by atoms with E-state index in [0.717, 1.165) is 24.3 Å². The molecule has 0 atom stereocenters. The van der Waals surface area contributed by atoms with Crippen LogP contribution < -0.4 is 10.6 Å². The van der Waals surface area contributed by atoms with Crippen LogP contribution in [0.4, 0.5) is 4.79 Å². The average molecular weight is 335 g/mol. The van der Waals surface area contributed by atoms with Gasteiger partial charge < -0.3 is 10.6 Å². The molecular formula is C19H21N5O. The summed E-state index contributed by atoms with van der Waals surface area (Å²) in [5.41, 5.74) is 2.26. The Bertz CT molecular complexity index is 870. The number of urea groups is 1. The third-order valence-corrected chi connectivity index (χ3v) is 4.85. The van der Waals surface area contributed by atoms with E-state index in [9.17, 15) is 4.79 Å². The van der Waals surface area contributed by atoms with Gasteiger partial charge in [-0.05, 0) is 30.5 Å². The molecule has 1 aliphatic carbocycles. The van der Waals surface area contributed by atoms with Gasteiger partial charge in [0.15, 0.2) is 5.65 Å². The highest BCUT2D eigenvalue weighted by Crippen LogP contribution is 2.47. The molecule has 2 amide bonds. The summed E-state index contributed by atoms with van der Waals surface area (Å²) in [6, 6.07) is 16.1. The van der Waals surface area contributed by atoms with E-state index in [0.29, 0.717) is 19.5 Å². The van der Waals surface area contributed by atoms with Crippen LogP contribution in [0.15, 0.2) is 54.7 Å². The van der Waals surface area contributed by atoms with Crippen molar-refractivity contribution in [2.75, 3.05) is 13.1 Å². The Hall–Kier alpha value is -2.89. The molecule has 0 aliphatic heterocycles. The van der Waals surface area contributed by atoms with Crippen molar-refractivity contribution in [3.8, 4) is 0 Å².